The molecule has 8 heteroatoms. The van der Waals surface area contributed by atoms with Crippen molar-refractivity contribution >= 4 is 33.3 Å². The lowest BCUT2D eigenvalue weighted by molar-refractivity contribution is -0.116. The molecule has 1 N–H and O–H groups in total. The summed E-state index contributed by atoms with van der Waals surface area (Å²) < 4.78 is 30.8. The Bertz CT molecular complexity index is 1000. The average molecular weight is 404 g/mol. The third-order valence-corrected chi connectivity index (χ3v) is 5.51. The number of hydrogen-bond acceptors (Lipinski definition) is 5. The predicted molar refractivity (Wildman–Crippen MR) is 109 cm³/mol. The molecule has 0 radical (unpaired) electrons. The molecular weight excluding hydrogens is 380 g/mol. The second kappa shape index (κ2) is 8.43. The van der Waals surface area contributed by atoms with Crippen molar-refractivity contribution in [3.8, 4) is 0 Å². The second-order valence-electron chi connectivity index (χ2n) is 6.55. The molecule has 1 atom stereocenters. The van der Waals surface area contributed by atoms with Crippen LogP contribution in [0.5, 0.6) is 0 Å². The number of nitrogens with zero attached hydrogens (tertiary/aromatic N) is 1. The molecule has 0 fully saturated rings. The number of esters is 1. The zero-order valence-electron chi connectivity index (χ0n) is 16.5. The molecule has 0 aliphatic carbocycles. The van der Waals surface area contributed by atoms with Crippen molar-refractivity contribution in [2.75, 3.05) is 23.0 Å². The number of carbonyl (C=O) groups excluding carboxylic acids is 2. The summed E-state index contributed by atoms with van der Waals surface area (Å²) in [6.07, 6.45) is 1.06. The smallest absolute Gasteiger partial charge is 0.339 e. The number of aryl methyl sites for hydroxylation is 2. The highest BCUT2D eigenvalue weighted by atomic mass is 32.2. The maximum absolute atomic E-state index is 12.9. The molecule has 0 aliphatic heterocycles. The number of methoxy groups -OCH3 is 1. The summed E-state index contributed by atoms with van der Waals surface area (Å²) in [7, 11) is -2.50. The van der Waals surface area contributed by atoms with Crippen molar-refractivity contribution in [3.63, 3.8) is 0 Å². The highest BCUT2D eigenvalue weighted by Crippen LogP contribution is 2.27. The van der Waals surface area contributed by atoms with Crippen LogP contribution >= 0.6 is 0 Å². The van der Waals surface area contributed by atoms with E-state index in [0.29, 0.717) is 5.69 Å². The van der Waals surface area contributed by atoms with E-state index in [9.17, 15) is 18.0 Å². The van der Waals surface area contributed by atoms with Gasteiger partial charge in [0.15, 0.2) is 0 Å². The fraction of sp³-hybridized carbons (Fsp3) is 0.300. The van der Waals surface area contributed by atoms with Gasteiger partial charge in [0.05, 0.1) is 30.3 Å². The molecule has 0 aromatic heterocycles. The fourth-order valence-corrected chi connectivity index (χ4v) is 4.08. The van der Waals surface area contributed by atoms with Gasteiger partial charge in [0.1, 0.15) is 6.04 Å². The molecule has 7 nitrogen and oxygen atoms in total. The Morgan fingerprint density at radius 1 is 1.11 bits per heavy atom. The summed E-state index contributed by atoms with van der Waals surface area (Å²) in [5.74, 6) is -1.17. The molecule has 0 saturated heterocycles. The number of benzene rings is 2. The maximum atomic E-state index is 12.9. The first-order chi connectivity index (χ1) is 13.1. The van der Waals surface area contributed by atoms with Gasteiger partial charge >= 0.3 is 5.97 Å². The third-order valence-electron chi connectivity index (χ3n) is 4.28. The molecule has 2 rings (SSSR count). The number of carbonyl (C=O) groups is 2. The Labute approximate surface area is 165 Å². The maximum Gasteiger partial charge on any atom is 0.339 e. The van der Waals surface area contributed by atoms with E-state index in [1.165, 1.54) is 20.1 Å². The Morgan fingerprint density at radius 3 is 2.36 bits per heavy atom. The minimum atomic E-state index is -3.74. The van der Waals surface area contributed by atoms with Crippen molar-refractivity contribution in [1.82, 2.24) is 0 Å². The number of para-hydroxylation sites is 1. The van der Waals surface area contributed by atoms with Crippen LogP contribution < -0.4 is 9.62 Å². The summed E-state index contributed by atoms with van der Waals surface area (Å²) >= 11 is 0. The van der Waals surface area contributed by atoms with Gasteiger partial charge in [-0.15, -0.1) is 0 Å². The summed E-state index contributed by atoms with van der Waals surface area (Å²) in [6.45, 7) is 5.13. The highest BCUT2D eigenvalue weighted by molar-refractivity contribution is 7.92. The van der Waals surface area contributed by atoms with Crippen LogP contribution in [0.2, 0.25) is 0 Å². The standard InChI is InChI=1S/C20H24N2O5S/c1-13-10-11-14(2)18(12-13)22(28(5,25)26)15(3)19(23)21-17-9-7-6-8-16(17)20(24)27-4/h6-12,15H,1-5H3,(H,21,23)/t15-/m1/s1. The third kappa shape index (κ3) is 4.69. The summed E-state index contributed by atoms with van der Waals surface area (Å²) in [4.78, 5) is 24.8. The van der Waals surface area contributed by atoms with E-state index < -0.39 is 27.9 Å². The van der Waals surface area contributed by atoms with E-state index in [2.05, 4.69) is 5.32 Å². The lowest BCUT2D eigenvalue weighted by Crippen LogP contribution is -2.45. The van der Waals surface area contributed by atoms with E-state index >= 15 is 0 Å². The number of nitrogens with one attached hydrogen (secondary N) is 1. The van der Waals surface area contributed by atoms with Crippen LogP contribution in [-0.4, -0.2) is 39.7 Å². The van der Waals surface area contributed by atoms with E-state index in [1.54, 1.807) is 37.3 Å². The lowest BCUT2D eigenvalue weighted by Gasteiger charge is -2.30. The minimum absolute atomic E-state index is 0.184. The molecule has 2 aromatic carbocycles. The first-order valence-corrected chi connectivity index (χ1v) is 10.5. The van der Waals surface area contributed by atoms with Crippen LogP contribution in [0, 0.1) is 13.8 Å². The number of hydrogen-bond donors (Lipinski definition) is 1. The molecule has 150 valence electrons. The quantitative estimate of drug-likeness (QED) is 0.748. The van der Waals surface area contributed by atoms with Gasteiger partial charge in [-0.3, -0.25) is 9.10 Å². The first kappa shape index (κ1) is 21.4. The number of sulfonamides is 1. The summed E-state index contributed by atoms with van der Waals surface area (Å²) in [5, 5.41) is 2.64. The largest absolute Gasteiger partial charge is 0.465 e. The van der Waals surface area contributed by atoms with Crippen LogP contribution in [0.3, 0.4) is 0 Å². The molecule has 0 spiro atoms. The zero-order chi connectivity index (χ0) is 21.1. The van der Waals surface area contributed by atoms with Crippen molar-refractivity contribution in [1.29, 1.82) is 0 Å². The Morgan fingerprint density at radius 2 is 1.75 bits per heavy atom. The van der Waals surface area contributed by atoms with Gasteiger partial charge in [-0.25, -0.2) is 13.2 Å². The molecule has 1 amide bonds. The first-order valence-electron chi connectivity index (χ1n) is 8.61. The number of anilines is 2. The van der Waals surface area contributed by atoms with E-state index in [4.69, 9.17) is 4.74 Å². The number of ether oxygens (including phenoxy) is 1. The normalized spacial score (nSPS) is 12.2. The lowest BCUT2D eigenvalue weighted by atomic mass is 10.1. The van der Waals surface area contributed by atoms with E-state index in [-0.39, 0.29) is 11.3 Å². The molecule has 0 heterocycles. The zero-order valence-corrected chi connectivity index (χ0v) is 17.3. The van der Waals surface area contributed by atoms with Gasteiger partial charge in [-0.2, -0.15) is 0 Å². The van der Waals surface area contributed by atoms with Crippen molar-refractivity contribution < 1.29 is 22.7 Å². The predicted octanol–water partition coefficient (Wildman–Crippen LogP) is 2.88. The van der Waals surface area contributed by atoms with Gasteiger partial charge in [0.25, 0.3) is 0 Å². The molecule has 0 aliphatic rings. The van der Waals surface area contributed by atoms with Gasteiger partial charge in [-0.1, -0.05) is 24.3 Å². The van der Waals surface area contributed by atoms with Gasteiger partial charge < -0.3 is 10.1 Å². The van der Waals surface area contributed by atoms with Crippen molar-refractivity contribution in [2.24, 2.45) is 0 Å². The Hall–Kier alpha value is -2.87. The molecule has 2 aromatic rings. The van der Waals surface area contributed by atoms with E-state index in [1.807, 2.05) is 13.0 Å². The fourth-order valence-electron chi connectivity index (χ4n) is 2.86. The molecule has 0 unspecified atom stereocenters. The van der Waals surface area contributed by atoms with E-state index in [0.717, 1.165) is 21.7 Å². The van der Waals surface area contributed by atoms with Gasteiger partial charge in [0.2, 0.25) is 15.9 Å². The molecule has 0 saturated carbocycles. The summed E-state index contributed by atoms with van der Waals surface area (Å²) in [5.41, 5.74) is 2.47. The van der Waals surface area contributed by atoms with Crippen LogP contribution in [-0.2, 0) is 19.6 Å². The molecule has 28 heavy (non-hydrogen) atoms. The molecular formula is C20H24N2O5S. The van der Waals surface area contributed by atoms with Crippen molar-refractivity contribution in [2.45, 2.75) is 26.8 Å². The summed E-state index contributed by atoms with van der Waals surface area (Å²) in [6, 6.07) is 10.7. The van der Waals surface area contributed by atoms with Crippen LogP contribution in [0.25, 0.3) is 0 Å². The number of amides is 1. The monoisotopic (exact) mass is 404 g/mol. The minimum Gasteiger partial charge on any atom is -0.465 e. The average Bonchev–Trinajstić information content (AvgIpc) is 2.63. The second-order valence-corrected chi connectivity index (χ2v) is 8.41. The molecule has 0 bridgehead atoms. The Kier molecular flexibility index (Phi) is 6.45. The van der Waals surface area contributed by atoms with Gasteiger partial charge in [0, 0.05) is 0 Å². The van der Waals surface area contributed by atoms with Crippen molar-refractivity contribution in [3.05, 3.63) is 59.2 Å². The SMILES string of the molecule is COC(=O)c1ccccc1NC(=O)[C@@H](C)N(c1cc(C)ccc1C)S(C)(=O)=O. The Balaban J connectivity index is 2.41. The topological polar surface area (TPSA) is 92.8 Å². The van der Waals surface area contributed by atoms with Crippen LogP contribution in [0.15, 0.2) is 42.5 Å². The van der Waals surface area contributed by atoms with Crippen LogP contribution in [0.1, 0.15) is 28.4 Å². The highest BCUT2D eigenvalue weighted by Gasteiger charge is 2.30. The number of rotatable bonds is 6. The van der Waals surface area contributed by atoms with Gasteiger partial charge in [-0.05, 0) is 50.1 Å². The van der Waals surface area contributed by atoms with Crippen LogP contribution in [0.4, 0.5) is 11.4 Å².